The van der Waals surface area contributed by atoms with Gasteiger partial charge in [0.15, 0.2) is 0 Å². The number of fused-ring (bicyclic) bond motifs is 2. The average Bonchev–Trinajstić information content (AvgIpc) is 3.43. The molecule has 244 valence electrons. The lowest BCUT2D eigenvalue weighted by Crippen LogP contribution is -2.20. The van der Waals surface area contributed by atoms with Crippen LogP contribution in [-0.2, 0) is 5.41 Å². The molecule has 1 heteroatoms. The summed E-state index contributed by atoms with van der Waals surface area (Å²) in [5.74, 6) is 0. The Bertz CT molecular complexity index is 2320. The van der Waals surface area contributed by atoms with Crippen molar-refractivity contribution in [2.24, 2.45) is 4.99 Å². The minimum Gasteiger partial charge on any atom is -0.284 e. The monoisotopic (exact) mass is 653 g/mol. The van der Waals surface area contributed by atoms with Gasteiger partial charge in [-0.2, -0.15) is 0 Å². The molecule has 9 rings (SSSR count). The van der Waals surface area contributed by atoms with Gasteiger partial charge in [0, 0.05) is 17.2 Å². The fourth-order valence-corrected chi connectivity index (χ4v) is 8.11. The fourth-order valence-electron chi connectivity index (χ4n) is 8.11. The zero-order chi connectivity index (χ0) is 34.4. The highest BCUT2D eigenvalue weighted by Gasteiger charge is 2.40. The first kappa shape index (κ1) is 31.0. The van der Waals surface area contributed by atoms with E-state index in [1.165, 1.54) is 83.5 Å². The van der Waals surface area contributed by atoms with Gasteiger partial charge in [0.1, 0.15) is 0 Å². The van der Waals surface area contributed by atoms with E-state index in [0.717, 1.165) is 6.42 Å². The van der Waals surface area contributed by atoms with E-state index in [1.54, 1.807) is 0 Å². The molecule has 7 aromatic rings. The van der Waals surface area contributed by atoms with Crippen LogP contribution in [0.2, 0.25) is 0 Å². The third kappa shape index (κ3) is 5.75. The van der Waals surface area contributed by atoms with Gasteiger partial charge in [0.25, 0.3) is 0 Å². The number of dihydropyridines is 1. The van der Waals surface area contributed by atoms with Crippen molar-refractivity contribution in [3.63, 3.8) is 0 Å². The highest BCUT2D eigenvalue weighted by Crippen LogP contribution is 2.52. The molecule has 1 atom stereocenters. The summed E-state index contributed by atoms with van der Waals surface area (Å²) in [5, 5.41) is 0. The number of hydrogen-bond acceptors (Lipinski definition) is 1. The third-order valence-electron chi connectivity index (χ3n) is 10.9. The van der Waals surface area contributed by atoms with E-state index in [1.807, 2.05) is 0 Å². The lowest BCUT2D eigenvalue weighted by molar-refractivity contribution is 0.571. The van der Waals surface area contributed by atoms with E-state index in [0.29, 0.717) is 0 Å². The molecule has 1 aliphatic carbocycles. The second kappa shape index (κ2) is 12.7. The van der Waals surface area contributed by atoms with Crippen LogP contribution in [0.15, 0.2) is 186 Å². The molecule has 1 heterocycles. The second-order valence-corrected chi connectivity index (χ2v) is 14.4. The molecule has 1 nitrogen and oxygen atoms in total. The van der Waals surface area contributed by atoms with Crippen molar-refractivity contribution in [3.05, 3.63) is 198 Å². The molecule has 0 spiro atoms. The number of benzene rings is 7. The highest BCUT2D eigenvalue weighted by atomic mass is 14.8. The summed E-state index contributed by atoms with van der Waals surface area (Å²) in [6.45, 7) is 4.78. The van der Waals surface area contributed by atoms with E-state index in [-0.39, 0.29) is 11.5 Å². The lowest BCUT2D eigenvalue weighted by atomic mass is 9.77. The Labute approximate surface area is 301 Å². The van der Waals surface area contributed by atoms with Gasteiger partial charge >= 0.3 is 0 Å². The highest BCUT2D eigenvalue weighted by molar-refractivity contribution is 6.15. The van der Waals surface area contributed by atoms with Crippen molar-refractivity contribution in [2.45, 2.75) is 31.7 Å². The molecular formula is C50H39N. The first-order valence-corrected chi connectivity index (χ1v) is 18.0. The Morgan fingerprint density at radius 1 is 0.431 bits per heavy atom. The Morgan fingerprint density at radius 2 is 0.843 bits per heavy atom. The molecule has 7 aromatic carbocycles. The number of aliphatic imine (C=N–C) groups is 1. The van der Waals surface area contributed by atoms with Crippen molar-refractivity contribution >= 4 is 11.8 Å². The molecule has 1 aliphatic heterocycles. The molecule has 0 radical (unpaired) electrons. The molecule has 0 N–H and O–H groups in total. The molecule has 51 heavy (non-hydrogen) atoms. The first-order chi connectivity index (χ1) is 25.0. The maximum absolute atomic E-state index is 5.30. The number of rotatable bonds is 6. The zero-order valence-corrected chi connectivity index (χ0v) is 29.1. The second-order valence-electron chi connectivity index (χ2n) is 14.4. The van der Waals surface area contributed by atoms with Gasteiger partial charge in [-0.3, -0.25) is 4.99 Å². The summed E-state index contributed by atoms with van der Waals surface area (Å²) < 4.78 is 0. The van der Waals surface area contributed by atoms with Gasteiger partial charge in [0.05, 0.1) is 6.04 Å². The Hall–Kier alpha value is -6.05. The number of hydrogen-bond donors (Lipinski definition) is 0. The molecule has 0 saturated carbocycles. The van der Waals surface area contributed by atoms with Gasteiger partial charge in [-0.05, 0) is 127 Å². The van der Waals surface area contributed by atoms with Crippen molar-refractivity contribution in [2.75, 3.05) is 0 Å². The van der Waals surface area contributed by atoms with E-state index in [2.05, 4.69) is 196 Å². The van der Waals surface area contributed by atoms with E-state index >= 15 is 0 Å². The predicted octanol–water partition coefficient (Wildman–Crippen LogP) is 13.3. The van der Waals surface area contributed by atoms with Gasteiger partial charge < -0.3 is 0 Å². The SMILES string of the molecule is CC1(C)C2=C(C=NC(c3cc(-c4ccccc4)cc(-c4ccccc4)c3)C2)c2cc(-c3cc(-c4ccccc4)cc(-c4ccccc4)c3)ccc21. The van der Waals surface area contributed by atoms with Crippen molar-refractivity contribution < 1.29 is 0 Å². The first-order valence-electron chi connectivity index (χ1n) is 18.0. The van der Waals surface area contributed by atoms with Crippen LogP contribution in [0, 0.1) is 0 Å². The molecule has 0 bridgehead atoms. The van der Waals surface area contributed by atoms with Crippen LogP contribution in [0.4, 0.5) is 0 Å². The average molecular weight is 654 g/mol. The zero-order valence-electron chi connectivity index (χ0n) is 29.1. The Morgan fingerprint density at radius 3 is 1.29 bits per heavy atom. The van der Waals surface area contributed by atoms with Crippen molar-refractivity contribution in [3.8, 4) is 55.6 Å². The Kier molecular flexibility index (Phi) is 7.70. The normalized spacial score (nSPS) is 15.8. The van der Waals surface area contributed by atoms with E-state index < -0.39 is 0 Å². The van der Waals surface area contributed by atoms with Crippen LogP contribution in [0.3, 0.4) is 0 Å². The molecule has 2 aliphatic rings. The van der Waals surface area contributed by atoms with Gasteiger partial charge in [-0.1, -0.05) is 147 Å². The number of allylic oxidation sites excluding steroid dienone is 1. The summed E-state index contributed by atoms with van der Waals surface area (Å²) in [6, 6.07) is 64.0. The lowest BCUT2D eigenvalue weighted by Gasteiger charge is -2.29. The van der Waals surface area contributed by atoms with E-state index in [9.17, 15) is 0 Å². The van der Waals surface area contributed by atoms with Crippen LogP contribution in [0.25, 0.3) is 61.2 Å². The van der Waals surface area contributed by atoms with Gasteiger partial charge in [0.2, 0.25) is 0 Å². The molecule has 0 saturated heterocycles. The largest absolute Gasteiger partial charge is 0.284 e. The summed E-state index contributed by atoms with van der Waals surface area (Å²) in [5.41, 5.74) is 18.9. The van der Waals surface area contributed by atoms with Crippen LogP contribution < -0.4 is 0 Å². The van der Waals surface area contributed by atoms with Gasteiger partial charge in [-0.25, -0.2) is 0 Å². The summed E-state index contributed by atoms with van der Waals surface area (Å²) >= 11 is 0. The van der Waals surface area contributed by atoms with Crippen molar-refractivity contribution in [1.29, 1.82) is 0 Å². The quantitative estimate of drug-likeness (QED) is 0.169. The van der Waals surface area contributed by atoms with Crippen LogP contribution in [0.5, 0.6) is 0 Å². The van der Waals surface area contributed by atoms with Gasteiger partial charge in [-0.15, -0.1) is 0 Å². The smallest absolute Gasteiger partial charge is 0.0787 e. The molecule has 0 amide bonds. The standard InChI is InChI=1S/C50H39N/c1-50(2)47-24-23-38(43-27-39(34-15-7-3-8-16-34)25-40(28-43)35-17-9-4-10-18-35)31-45(47)46-33-51-49(32-48(46)50)44-29-41(36-19-11-5-12-20-36)26-42(30-44)37-21-13-6-14-22-37/h3-31,33,49H,32H2,1-2H3. The summed E-state index contributed by atoms with van der Waals surface area (Å²) in [6.07, 6.45) is 3.07. The predicted molar refractivity (Wildman–Crippen MR) is 216 cm³/mol. The minimum absolute atomic E-state index is 0.0546. The van der Waals surface area contributed by atoms with E-state index in [4.69, 9.17) is 4.99 Å². The van der Waals surface area contributed by atoms with Crippen LogP contribution in [-0.4, -0.2) is 6.21 Å². The molecule has 0 aromatic heterocycles. The van der Waals surface area contributed by atoms with Crippen molar-refractivity contribution in [1.82, 2.24) is 0 Å². The molecule has 1 unspecified atom stereocenters. The minimum atomic E-state index is -0.0890. The summed E-state index contributed by atoms with van der Waals surface area (Å²) in [7, 11) is 0. The maximum Gasteiger partial charge on any atom is 0.0787 e. The topological polar surface area (TPSA) is 12.4 Å². The maximum atomic E-state index is 5.30. The van der Waals surface area contributed by atoms with Crippen LogP contribution in [0.1, 0.15) is 43.0 Å². The van der Waals surface area contributed by atoms with Crippen LogP contribution >= 0.6 is 0 Å². The molecule has 0 fully saturated rings. The fraction of sp³-hybridized carbons (Fsp3) is 0.100. The number of nitrogens with zero attached hydrogens (tertiary/aromatic N) is 1. The third-order valence-corrected chi connectivity index (χ3v) is 10.9. The molecular weight excluding hydrogens is 615 g/mol. The summed E-state index contributed by atoms with van der Waals surface area (Å²) in [4.78, 5) is 5.30. The Balaban J connectivity index is 1.11.